The van der Waals surface area contributed by atoms with Gasteiger partial charge in [0.05, 0.1) is 0 Å². The molecule has 1 aromatic carbocycles. The fourth-order valence-electron chi connectivity index (χ4n) is 1.10. The highest BCUT2D eigenvalue weighted by atomic mass is 32.1. The number of hydrogen-bond acceptors (Lipinski definition) is 5. The lowest BCUT2D eigenvalue weighted by Gasteiger charge is -2.04. The van der Waals surface area contributed by atoms with Crippen molar-refractivity contribution >= 4 is 27.8 Å². The molecule has 0 amide bonds. The summed E-state index contributed by atoms with van der Waals surface area (Å²) in [5, 5.41) is 11.6. The van der Waals surface area contributed by atoms with E-state index >= 15 is 0 Å². The zero-order chi connectivity index (χ0) is 9.97. The lowest BCUT2D eigenvalue weighted by Crippen LogP contribution is -1.93. The number of nitrogens with zero attached hydrogens (tertiary/aromatic N) is 2. The summed E-state index contributed by atoms with van der Waals surface area (Å²) >= 11 is 1.46. The summed E-state index contributed by atoms with van der Waals surface area (Å²) in [5.74, 6) is 0. The minimum absolute atomic E-state index is 0.786. The Balaban J connectivity index is 2.22. The normalized spacial score (nSPS) is 10.1. The number of rotatable bonds is 2. The average molecular weight is 206 g/mol. The molecule has 0 atom stereocenters. The summed E-state index contributed by atoms with van der Waals surface area (Å²) in [6.45, 7) is 1.97. The van der Waals surface area contributed by atoms with Gasteiger partial charge in [-0.15, -0.1) is 10.2 Å². The van der Waals surface area contributed by atoms with E-state index in [1.807, 2.05) is 25.1 Å². The molecule has 0 spiro atoms. The van der Waals surface area contributed by atoms with E-state index in [0.29, 0.717) is 0 Å². The third-order valence-corrected chi connectivity index (χ3v) is 2.49. The minimum atomic E-state index is 0.786. The molecular weight excluding hydrogens is 196 g/mol. The largest absolute Gasteiger partial charge is 0.399 e. The maximum absolute atomic E-state index is 5.71. The van der Waals surface area contributed by atoms with Gasteiger partial charge in [0.2, 0.25) is 5.13 Å². The monoisotopic (exact) mass is 206 g/mol. The molecule has 14 heavy (non-hydrogen) atoms. The predicted octanol–water partition coefficient (Wildman–Crippen LogP) is 2.17. The first-order chi connectivity index (χ1) is 6.75. The van der Waals surface area contributed by atoms with E-state index in [-0.39, 0.29) is 0 Å². The lowest BCUT2D eigenvalue weighted by atomic mass is 10.2. The number of nitrogens with two attached hydrogens (primary N) is 1. The summed E-state index contributed by atoms with van der Waals surface area (Å²) in [7, 11) is 0. The zero-order valence-corrected chi connectivity index (χ0v) is 8.51. The summed E-state index contributed by atoms with van der Waals surface area (Å²) in [6.07, 6.45) is 0. The van der Waals surface area contributed by atoms with Crippen molar-refractivity contribution in [2.45, 2.75) is 6.92 Å². The van der Waals surface area contributed by atoms with E-state index in [4.69, 9.17) is 5.73 Å². The Labute approximate surface area is 85.8 Å². The van der Waals surface area contributed by atoms with Gasteiger partial charge < -0.3 is 11.1 Å². The van der Waals surface area contributed by atoms with Crippen LogP contribution in [-0.2, 0) is 0 Å². The molecule has 4 nitrogen and oxygen atoms in total. The van der Waals surface area contributed by atoms with Crippen molar-refractivity contribution in [2.75, 3.05) is 11.1 Å². The quantitative estimate of drug-likeness (QED) is 0.739. The van der Waals surface area contributed by atoms with Gasteiger partial charge in [-0.2, -0.15) is 0 Å². The Bertz CT molecular complexity index is 424. The van der Waals surface area contributed by atoms with E-state index in [2.05, 4.69) is 15.5 Å². The Morgan fingerprint density at radius 3 is 2.93 bits per heavy atom. The van der Waals surface area contributed by atoms with Crippen LogP contribution in [0.4, 0.5) is 16.5 Å². The molecule has 72 valence electrons. The number of hydrogen-bond donors (Lipinski definition) is 2. The van der Waals surface area contributed by atoms with Crippen molar-refractivity contribution in [3.63, 3.8) is 0 Å². The van der Waals surface area contributed by atoms with E-state index < -0.39 is 0 Å². The molecule has 0 fully saturated rings. The molecule has 0 saturated carbocycles. The molecule has 5 heteroatoms. The number of aromatic nitrogens is 2. The fraction of sp³-hybridized carbons (Fsp3) is 0.111. The molecule has 1 aromatic heterocycles. The van der Waals surface area contributed by atoms with Gasteiger partial charge in [0.15, 0.2) is 0 Å². The highest BCUT2D eigenvalue weighted by Gasteiger charge is 1.99. The Morgan fingerprint density at radius 1 is 1.43 bits per heavy atom. The van der Waals surface area contributed by atoms with Gasteiger partial charge in [0, 0.05) is 11.4 Å². The van der Waals surface area contributed by atoms with Gasteiger partial charge in [-0.3, -0.25) is 0 Å². The van der Waals surface area contributed by atoms with Crippen molar-refractivity contribution in [1.29, 1.82) is 0 Å². The van der Waals surface area contributed by atoms with Crippen molar-refractivity contribution in [1.82, 2.24) is 10.2 Å². The maximum Gasteiger partial charge on any atom is 0.209 e. The smallest absolute Gasteiger partial charge is 0.209 e. The Morgan fingerprint density at radius 2 is 2.29 bits per heavy atom. The van der Waals surface area contributed by atoms with Crippen LogP contribution in [0.15, 0.2) is 23.7 Å². The molecule has 0 radical (unpaired) electrons. The molecular formula is C9H10N4S. The second-order valence-electron chi connectivity index (χ2n) is 2.94. The van der Waals surface area contributed by atoms with Gasteiger partial charge in [0.1, 0.15) is 5.51 Å². The highest BCUT2D eigenvalue weighted by Crippen LogP contribution is 2.21. The molecule has 0 aliphatic carbocycles. The molecule has 2 aromatic rings. The molecule has 0 aliphatic heterocycles. The van der Waals surface area contributed by atoms with Gasteiger partial charge >= 0.3 is 0 Å². The first kappa shape index (κ1) is 8.96. The fourth-order valence-corrected chi connectivity index (χ4v) is 1.57. The molecule has 3 N–H and O–H groups in total. The van der Waals surface area contributed by atoms with Crippen LogP contribution < -0.4 is 11.1 Å². The summed E-state index contributed by atoms with van der Waals surface area (Å²) < 4.78 is 0. The molecule has 0 aliphatic rings. The zero-order valence-electron chi connectivity index (χ0n) is 7.69. The van der Waals surface area contributed by atoms with Crippen LogP contribution in [0.5, 0.6) is 0 Å². The van der Waals surface area contributed by atoms with Crippen molar-refractivity contribution in [3.05, 3.63) is 29.3 Å². The van der Waals surface area contributed by atoms with E-state index in [9.17, 15) is 0 Å². The summed E-state index contributed by atoms with van der Waals surface area (Å²) in [6, 6.07) is 5.78. The molecule has 2 rings (SSSR count). The number of benzene rings is 1. The number of aryl methyl sites for hydroxylation is 1. The minimum Gasteiger partial charge on any atom is -0.399 e. The number of anilines is 3. The first-order valence-corrected chi connectivity index (χ1v) is 5.03. The van der Waals surface area contributed by atoms with Crippen molar-refractivity contribution in [2.24, 2.45) is 0 Å². The van der Waals surface area contributed by atoms with Crippen LogP contribution in [-0.4, -0.2) is 10.2 Å². The second-order valence-corrected chi connectivity index (χ2v) is 3.77. The van der Waals surface area contributed by atoms with E-state index in [0.717, 1.165) is 22.1 Å². The van der Waals surface area contributed by atoms with Crippen molar-refractivity contribution in [3.8, 4) is 0 Å². The molecule has 0 bridgehead atoms. The van der Waals surface area contributed by atoms with Gasteiger partial charge in [-0.05, 0) is 30.7 Å². The molecule has 0 unspecified atom stereocenters. The van der Waals surface area contributed by atoms with Gasteiger partial charge in [-0.1, -0.05) is 11.3 Å². The summed E-state index contributed by atoms with van der Waals surface area (Å²) in [5.41, 5.74) is 10.2. The van der Waals surface area contributed by atoms with E-state index in [1.165, 1.54) is 11.3 Å². The summed E-state index contributed by atoms with van der Waals surface area (Å²) in [4.78, 5) is 0. The highest BCUT2D eigenvalue weighted by molar-refractivity contribution is 7.13. The third-order valence-electron chi connectivity index (χ3n) is 1.88. The third kappa shape index (κ3) is 1.82. The van der Waals surface area contributed by atoms with Crippen LogP contribution in [0.3, 0.4) is 0 Å². The van der Waals surface area contributed by atoms with Crippen molar-refractivity contribution < 1.29 is 0 Å². The molecule has 0 saturated heterocycles. The Hall–Kier alpha value is -1.62. The van der Waals surface area contributed by atoms with Crippen LogP contribution in [0, 0.1) is 6.92 Å². The number of nitrogen functional groups attached to an aromatic ring is 1. The van der Waals surface area contributed by atoms with Crippen LogP contribution in [0.25, 0.3) is 0 Å². The topological polar surface area (TPSA) is 63.8 Å². The predicted molar refractivity (Wildman–Crippen MR) is 58.8 cm³/mol. The standard InChI is InChI=1S/C9H10N4S/c1-6-4-7(2-3-8(6)10)12-9-13-11-5-14-9/h2-5H,10H2,1H3,(H,12,13). The second kappa shape index (κ2) is 3.63. The number of nitrogens with one attached hydrogen (secondary N) is 1. The first-order valence-electron chi connectivity index (χ1n) is 4.15. The Kier molecular flexibility index (Phi) is 2.32. The molecule has 1 heterocycles. The van der Waals surface area contributed by atoms with Crippen LogP contribution in [0.2, 0.25) is 0 Å². The van der Waals surface area contributed by atoms with Gasteiger partial charge in [0.25, 0.3) is 0 Å². The maximum atomic E-state index is 5.71. The average Bonchev–Trinajstić information content (AvgIpc) is 2.64. The van der Waals surface area contributed by atoms with Gasteiger partial charge in [-0.25, -0.2) is 0 Å². The van der Waals surface area contributed by atoms with Crippen LogP contribution in [0.1, 0.15) is 5.56 Å². The van der Waals surface area contributed by atoms with Crippen LogP contribution >= 0.6 is 11.3 Å². The lowest BCUT2D eigenvalue weighted by molar-refractivity contribution is 1.09. The SMILES string of the molecule is Cc1cc(Nc2nncs2)ccc1N. The van der Waals surface area contributed by atoms with E-state index in [1.54, 1.807) is 5.51 Å².